The number of carbonyl (C=O) groups is 1. The van der Waals surface area contributed by atoms with Crippen molar-refractivity contribution in [2.45, 2.75) is 6.42 Å². The summed E-state index contributed by atoms with van der Waals surface area (Å²) in [6.07, 6.45) is 2.16. The summed E-state index contributed by atoms with van der Waals surface area (Å²) < 4.78 is 0. The van der Waals surface area contributed by atoms with Crippen molar-refractivity contribution in [2.24, 2.45) is 11.5 Å². The van der Waals surface area contributed by atoms with Gasteiger partial charge in [-0.3, -0.25) is 4.79 Å². The zero-order valence-electron chi connectivity index (χ0n) is 8.32. The highest BCUT2D eigenvalue weighted by Gasteiger charge is 1.83. The molecule has 0 aromatic heterocycles. The van der Waals surface area contributed by atoms with E-state index in [0.29, 0.717) is 0 Å². The van der Waals surface area contributed by atoms with Crippen LogP contribution in [0, 0.1) is 0 Å². The van der Waals surface area contributed by atoms with Gasteiger partial charge in [-0.25, -0.2) is 0 Å². The molecule has 0 unspecified atom stereocenters. The molecule has 0 rings (SSSR count). The van der Waals surface area contributed by atoms with Crippen LogP contribution >= 0.6 is 12.4 Å². The van der Waals surface area contributed by atoms with Gasteiger partial charge < -0.3 is 16.4 Å². The third-order valence-electron chi connectivity index (χ3n) is 1.01. The fourth-order valence-corrected chi connectivity index (χ4v) is 0.408. The molecule has 0 atom stereocenters. The Bertz CT molecular complexity index is 129. The topological polar surface area (TPSA) is 72.4 Å². The summed E-state index contributed by atoms with van der Waals surface area (Å²) in [4.78, 5) is 11.6. The van der Waals surface area contributed by atoms with E-state index >= 15 is 0 Å². The van der Waals surface area contributed by atoms with Crippen molar-refractivity contribution in [1.82, 2.24) is 4.90 Å². The van der Waals surface area contributed by atoms with Gasteiger partial charge in [-0.15, -0.1) is 12.4 Å². The van der Waals surface area contributed by atoms with Gasteiger partial charge in [0, 0.05) is 0 Å². The first-order chi connectivity index (χ1) is 5.54. The molecule has 1 amide bonds. The van der Waals surface area contributed by atoms with Crippen LogP contribution in [0.1, 0.15) is 6.42 Å². The monoisotopic (exact) mass is 209 g/mol. The SMILES string of the molecule is C=CC(N)=O.CN(C)CCCN.Cl. The molecular formula is C8H20ClN3O. The fraction of sp³-hybridized carbons (Fsp3) is 0.625. The Morgan fingerprint density at radius 3 is 2.00 bits per heavy atom. The van der Waals surface area contributed by atoms with Crippen molar-refractivity contribution < 1.29 is 4.79 Å². The van der Waals surface area contributed by atoms with Crippen LogP contribution in [0.2, 0.25) is 0 Å². The first-order valence-electron chi connectivity index (χ1n) is 3.81. The van der Waals surface area contributed by atoms with Crippen LogP contribution in [0.3, 0.4) is 0 Å². The van der Waals surface area contributed by atoms with E-state index in [4.69, 9.17) is 5.73 Å². The lowest BCUT2D eigenvalue weighted by Gasteiger charge is -2.05. The van der Waals surface area contributed by atoms with Crippen LogP contribution < -0.4 is 11.5 Å². The highest BCUT2D eigenvalue weighted by atomic mass is 35.5. The van der Waals surface area contributed by atoms with E-state index in [2.05, 4.69) is 31.3 Å². The van der Waals surface area contributed by atoms with Crippen LogP contribution in [0.5, 0.6) is 0 Å². The number of halogens is 1. The van der Waals surface area contributed by atoms with Crippen molar-refractivity contribution in [3.63, 3.8) is 0 Å². The first-order valence-corrected chi connectivity index (χ1v) is 3.81. The van der Waals surface area contributed by atoms with E-state index in [9.17, 15) is 4.79 Å². The second kappa shape index (κ2) is 14.0. The lowest BCUT2D eigenvalue weighted by Crippen LogP contribution is -2.16. The van der Waals surface area contributed by atoms with E-state index in [-0.39, 0.29) is 12.4 Å². The van der Waals surface area contributed by atoms with E-state index in [1.54, 1.807) is 0 Å². The lowest BCUT2D eigenvalue weighted by atomic mass is 10.4. The highest BCUT2D eigenvalue weighted by Crippen LogP contribution is 1.76. The zero-order valence-corrected chi connectivity index (χ0v) is 9.14. The zero-order chi connectivity index (χ0) is 9.98. The molecule has 0 spiro atoms. The number of rotatable bonds is 4. The Hall–Kier alpha value is -0.580. The van der Waals surface area contributed by atoms with Gasteiger partial charge in [-0.1, -0.05) is 6.58 Å². The molecule has 13 heavy (non-hydrogen) atoms. The van der Waals surface area contributed by atoms with Gasteiger partial charge in [0.25, 0.3) is 0 Å². The molecule has 0 bridgehead atoms. The molecule has 0 aliphatic heterocycles. The van der Waals surface area contributed by atoms with E-state index in [1.807, 2.05) is 0 Å². The Morgan fingerprint density at radius 2 is 1.92 bits per heavy atom. The van der Waals surface area contributed by atoms with E-state index < -0.39 is 5.91 Å². The van der Waals surface area contributed by atoms with Crippen molar-refractivity contribution in [3.8, 4) is 0 Å². The molecule has 0 aromatic carbocycles. The van der Waals surface area contributed by atoms with Crippen LogP contribution in [-0.2, 0) is 4.79 Å². The van der Waals surface area contributed by atoms with Crippen LogP contribution in [0.15, 0.2) is 12.7 Å². The quantitative estimate of drug-likeness (QED) is 0.640. The number of amides is 1. The summed E-state index contributed by atoms with van der Waals surface area (Å²) in [5.74, 6) is -0.481. The van der Waals surface area contributed by atoms with Crippen LogP contribution in [-0.4, -0.2) is 38.0 Å². The Labute approximate surface area is 86.4 Å². The molecule has 0 fully saturated rings. The van der Waals surface area contributed by atoms with Gasteiger partial charge in [0.1, 0.15) is 0 Å². The number of carbonyl (C=O) groups excluding carboxylic acids is 1. The second-order valence-electron chi connectivity index (χ2n) is 2.55. The maximum atomic E-state index is 9.47. The number of hydrogen-bond acceptors (Lipinski definition) is 3. The molecule has 0 aromatic rings. The van der Waals surface area contributed by atoms with Gasteiger partial charge in [-0.05, 0) is 39.7 Å². The third kappa shape index (κ3) is 34.5. The largest absolute Gasteiger partial charge is 0.366 e. The van der Waals surface area contributed by atoms with Crippen LogP contribution in [0.4, 0.5) is 0 Å². The summed E-state index contributed by atoms with van der Waals surface area (Å²) in [5.41, 5.74) is 9.78. The maximum absolute atomic E-state index is 9.47. The summed E-state index contributed by atoms with van der Waals surface area (Å²) >= 11 is 0. The molecule has 0 saturated carbocycles. The first kappa shape index (κ1) is 18.3. The molecule has 0 aliphatic carbocycles. The summed E-state index contributed by atoms with van der Waals surface area (Å²) in [5, 5.41) is 0. The van der Waals surface area contributed by atoms with Gasteiger partial charge in [-0.2, -0.15) is 0 Å². The fourth-order valence-electron chi connectivity index (χ4n) is 0.408. The smallest absolute Gasteiger partial charge is 0.240 e. The molecule has 4 nitrogen and oxygen atoms in total. The van der Waals surface area contributed by atoms with Crippen molar-refractivity contribution >= 4 is 18.3 Å². The van der Waals surface area contributed by atoms with Gasteiger partial charge in [0.15, 0.2) is 0 Å². The average Bonchev–Trinajstić information content (AvgIpc) is 2.02. The molecule has 4 N–H and O–H groups in total. The normalized spacial score (nSPS) is 8.00. The minimum absolute atomic E-state index is 0. The Balaban J connectivity index is -0.000000150. The van der Waals surface area contributed by atoms with Crippen molar-refractivity contribution in [3.05, 3.63) is 12.7 Å². The summed E-state index contributed by atoms with van der Waals surface area (Å²) in [6, 6.07) is 0. The lowest BCUT2D eigenvalue weighted by molar-refractivity contribution is -0.113. The second-order valence-corrected chi connectivity index (χ2v) is 2.55. The minimum Gasteiger partial charge on any atom is -0.366 e. The van der Waals surface area contributed by atoms with Crippen molar-refractivity contribution in [2.75, 3.05) is 27.2 Å². The Morgan fingerprint density at radius 1 is 1.54 bits per heavy atom. The number of nitrogens with zero attached hydrogens (tertiary/aromatic N) is 1. The molecule has 0 radical (unpaired) electrons. The minimum atomic E-state index is -0.481. The Kier molecular flexibility index (Phi) is 19.6. The molecule has 0 saturated heterocycles. The third-order valence-corrected chi connectivity index (χ3v) is 1.01. The molecular weight excluding hydrogens is 190 g/mol. The molecule has 80 valence electrons. The predicted molar refractivity (Wildman–Crippen MR) is 58.9 cm³/mol. The van der Waals surface area contributed by atoms with Gasteiger partial charge in [0.2, 0.25) is 5.91 Å². The molecule has 0 aliphatic rings. The number of primary amides is 1. The average molecular weight is 210 g/mol. The summed E-state index contributed by atoms with van der Waals surface area (Å²) in [7, 11) is 4.10. The number of nitrogens with two attached hydrogens (primary N) is 2. The predicted octanol–water partition coefficient (Wildman–Crippen LogP) is -0.0237. The highest BCUT2D eigenvalue weighted by molar-refractivity contribution is 5.85. The van der Waals surface area contributed by atoms with Gasteiger partial charge >= 0.3 is 0 Å². The standard InChI is InChI=1S/C5H14N2.C3H5NO.ClH/c1-7(2)5-3-4-6;1-2-3(4)5;/h3-6H2,1-2H3;2H,1H2,(H2,4,5);1H. The molecule has 5 heteroatoms. The van der Waals surface area contributed by atoms with E-state index in [1.165, 1.54) is 0 Å². The summed E-state index contributed by atoms with van der Waals surface area (Å²) in [6.45, 7) is 5.00. The van der Waals surface area contributed by atoms with E-state index in [0.717, 1.165) is 25.6 Å². The molecule has 0 heterocycles. The van der Waals surface area contributed by atoms with Crippen LogP contribution in [0.25, 0.3) is 0 Å². The van der Waals surface area contributed by atoms with Crippen molar-refractivity contribution in [1.29, 1.82) is 0 Å². The van der Waals surface area contributed by atoms with Gasteiger partial charge in [0.05, 0.1) is 0 Å². The number of hydrogen-bond donors (Lipinski definition) is 2. The maximum Gasteiger partial charge on any atom is 0.240 e.